The molecule has 0 bridgehead atoms. The lowest BCUT2D eigenvalue weighted by Crippen LogP contribution is -2.31. The topological polar surface area (TPSA) is 59.9 Å². The van der Waals surface area contributed by atoms with Gasteiger partial charge in [0.15, 0.2) is 5.82 Å². The van der Waals surface area contributed by atoms with Gasteiger partial charge in [-0.1, -0.05) is 83.1 Å². The van der Waals surface area contributed by atoms with E-state index in [1.54, 1.807) is 0 Å². The molecule has 0 N–H and O–H groups in total. The van der Waals surface area contributed by atoms with Gasteiger partial charge in [0.1, 0.15) is 11.6 Å². The molecule has 1 fully saturated rings. The van der Waals surface area contributed by atoms with Gasteiger partial charge < -0.3 is 0 Å². The van der Waals surface area contributed by atoms with E-state index in [1.807, 2.05) is 36.7 Å². The van der Waals surface area contributed by atoms with Crippen molar-refractivity contribution >= 4 is 11.6 Å². The van der Waals surface area contributed by atoms with E-state index in [1.165, 1.54) is 50.5 Å². The number of benzene rings is 1. The van der Waals surface area contributed by atoms with E-state index in [2.05, 4.69) is 23.8 Å². The fourth-order valence-electron chi connectivity index (χ4n) is 4.80. The number of unbranched alkanes of at least 4 members (excludes halogenated alkanes) is 6. The SMILES string of the molecule is CCCCCCCCCc1cnc(-c2ccc(CC(=O)C3CCC(CC)CC3=O)cc2)nc1. The molecule has 4 nitrogen and oxygen atoms in total. The molecule has 1 saturated carbocycles. The molecule has 178 valence electrons. The minimum Gasteiger partial charge on any atom is -0.299 e. The van der Waals surface area contributed by atoms with Crippen LogP contribution in [-0.4, -0.2) is 21.5 Å². The van der Waals surface area contributed by atoms with Gasteiger partial charge in [-0.3, -0.25) is 9.59 Å². The van der Waals surface area contributed by atoms with Crippen LogP contribution >= 0.6 is 0 Å². The van der Waals surface area contributed by atoms with Crippen LogP contribution in [0.5, 0.6) is 0 Å². The Morgan fingerprint density at radius 3 is 2.18 bits per heavy atom. The minimum atomic E-state index is -0.403. The van der Waals surface area contributed by atoms with Gasteiger partial charge in [-0.15, -0.1) is 0 Å². The van der Waals surface area contributed by atoms with Crippen molar-refractivity contribution in [2.45, 2.75) is 97.3 Å². The molecule has 4 heteroatoms. The highest BCUT2D eigenvalue weighted by Crippen LogP contribution is 2.29. The van der Waals surface area contributed by atoms with Crippen LogP contribution in [0.1, 0.15) is 95.6 Å². The van der Waals surface area contributed by atoms with Gasteiger partial charge in [0.25, 0.3) is 0 Å². The molecule has 2 unspecified atom stereocenters. The maximum absolute atomic E-state index is 12.7. The van der Waals surface area contributed by atoms with Crippen LogP contribution in [0.25, 0.3) is 11.4 Å². The summed E-state index contributed by atoms with van der Waals surface area (Å²) in [5.74, 6) is 0.972. The standard InChI is InChI=1S/C29H40N2O2/c1-3-5-6-7-8-9-10-11-24-20-30-29(31-21-24)25-15-12-23(13-16-25)19-28(33)26-17-14-22(4-2)18-27(26)32/h12-13,15-16,20-22,26H,3-11,14,17-19H2,1-2H3. The maximum Gasteiger partial charge on any atom is 0.159 e. The number of Topliss-reactive ketones (excluding diaryl/α,β-unsaturated/α-hetero) is 2. The molecular formula is C29H40N2O2. The third-order valence-electron chi connectivity index (χ3n) is 7.07. The summed E-state index contributed by atoms with van der Waals surface area (Å²) in [6.45, 7) is 4.37. The van der Waals surface area contributed by atoms with E-state index in [4.69, 9.17) is 0 Å². The quantitative estimate of drug-likeness (QED) is 0.246. The Morgan fingerprint density at radius 1 is 0.879 bits per heavy atom. The molecule has 33 heavy (non-hydrogen) atoms. The summed E-state index contributed by atoms with van der Waals surface area (Å²) in [5.41, 5.74) is 3.09. The molecule has 0 amide bonds. The second kappa shape index (κ2) is 13.4. The number of rotatable bonds is 13. The summed E-state index contributed by atoms with van der Waals surface area (Å²) in [5, 5.41) is 0. The average molecular weight is 449 g/mol. The number of nitrogens with zero attached hydrogens (tertiary/aromatic N) is 2. The van der Waals surface area contributed by atoms with Crippen LogP contribution in [0.15, 0.2) is 36.7 Å². The molecule has 1 aliphatic rings. The van der Waals surface area contributed by atoms with Crippen molar-refractivity contribution in [2.75, 3.05) is 0 Å². The van der Waals surface area contributed by atoms with E-state index in [0.717, 1.165) is 30.4 Å². The average Bonchev–Trinajstić information content (AvgIpc) is 2.84. The fourth-order valence-corrected chi connectivity index (χ4v) is 4.80. The zero-order valence-corrected chi connectivity index (χ0v) is 20.5. The Hall–Kier alpha value is -2.36. The largest absolute Gasteiger partial charge is 0.299 e. The Morgan fingerprint density at radius 2 is 1.55 bits per heavy atom. The summed E-state index contributed by atoms with van der Waals surface area (Å²) in [4.78, 5) is 34.2. The van der Waals surface area contributed by atoms with E-state index in [-0.39, 0.29) is 11.6 Å². The number of carbonyl (C=O) groups is 2. The van der Waals surface area contributed by atoms with Gasteiger partial charge in [0, 0.05) is 30.8 Å². The van der Waals surface area contributed by atoms with Gasteiger partial charge >= 0.3 is 0 Å². The van der Waals surface area contributed by atoms with Gasteiger partial charge in [-0.25, -0.2) is 9.97 Å². The van der Waals surface area contributed by atoms with E-state index in [0.29, 0.717) is 31.0 Å². The smallest absolute Gasteiger partial charge is 0.159 e. The van der Waals surface area contributed by atoms with Crippen molar-refractivity contribution in [1.29, 1.82) is 0 Å². The van der Waals surface area contributed by atoms with Gasteiger partial charge in [0.05, 0.1) is 5.92 Å². The van der Waals surface area contributed by atoms with Crippen LogP contribution in [0, 0.1) is 11.8 Å². The maximum atomic E-state index is 12.7. The Bertz CT molecular complexity index is 873. The summed E-state index contributed by atoms with van der Waals surface area (Å²) in [6.07, 6.45) is 17.7. The first-order chi connectivity index (χ1) is 16.1. The van der Waals surface area contributed by atoms with Crippen LogP contribution < -0.4 is 0 Å². The minimum absolute atomic E-state index is 0.0632. The van der Waals surface area contributed by atoms with E-state index in [9.17, 15) is 9.59 Å². The lowest BCUT2D eigenvalue weighted by molar-refractivity contribution is -0.135. The van der Waals surface area contributed by atoms with Crippen molar-refractivity contribution < 1.29 is 9.59 Å². The van der Waals surface area contributed by atoms with Gasteiger partial charge in [0.2, 0.25) is 0 Å². The fraction of sp³-hybridized carbons (Fsp3) is 0.586. The number of aromatic nitrogens is 2. The highest BCUT2D eigenvalue weighted by molar-refractivity contribution is 6.03. The molecular weight excluding hydrogens is 408 g/mol. The first-order valence-corrected chi connectivity index (χ1v) is 13.1. The third-order valence-corrected chi connectivity index (χ3v) is 7.07. The predicted molar refractivity (Wildman–Crippen MR) is 134 cm³/mol. The Balaban J connectivity index is 1.46. The molecule has 2 atom stereocenters. The Labute approximate surface area is 199 Å². The Kier molecular flexibility index (Phi) is 10.2. The van der Waals surface area contributed by atoms with Gasteiger partial charge in [-0.2, -0.15) is 0 Å². The number of aryl methyl sites for hydroxylation is 1. The lowest BCUT2D eigenvalue weighted by atomic mass is 9.77. The number of hydrogen-bond acceptors (Lipinski definition) is 4. The summed E-state index contributed by atoms with van der Waals surface area (Å²) >= 11 is 0. The molecule has 0 saturated heterocycles. The second-order valence-electron chi connectivity index (χ2n) is 9.70. The van der Waals surface area contributed by atoms with Crippen LogP contribution in [-0.2, 0) is 22.4 Å². The van der Waals surface area contributed by atoms with E-state index >= 15 is 0 Å². The molecule has 1 heterocycles. The number of ketones is 2. The second-order valence-corrected chi connectivity index (χ2v) is 9.70. The zero-order chi connectivity index (χ0) is 23.5. The first-order valence-electron chi connectivity index (χ1n) is 13.1. The molecule has 0 aliphatic heterocycles. The summed E-state index contributed by atoms with van der Waals surface area (Å²) < 4.78 is 0. The lowest BCUT2D eigenvalue weighted by Gasteiger charge is -2.25. The van der Waals surface area contributed by atoms with Crippen LogP contribution in [0.4, 0.5) is 0 Å². The molecule has 0 radical (unpaired) electrons. The molecule has 3 rings (SSSR count). The van der Waals surface area contributed by atoms with Crippen molar-refractivity contribution in [3.8, 4) is 11.4 Å². The van der Waals surface area contributed by atoms with Gasteiger partial charge in [-0.05, 0) is 42.7 Å². The number of carbonyl (C=O) groups excluding carboxylic acids is 2. The molecule has 1 aliphatic carbocycles. The predicted octanol–water partition coefficient (Wildman–Crippen LogP) is 6.94. The molecule has 0 spiro atoms. The third kappa shape index (κ3) is 7.87. The molecule has 1 aromatic heterocycles. The van der Waals surface area contributed by atoms with Crippen molar-refractivity contribution in [1.82, 2.24) is 9.97 Å². The van der Waals surface area contributed by atoms with Crippen molar-refractivity contribution in [3.05, 3.63) is 47.8 Å². The molecule has 2 aromatic rings. The van der Waals surface area contributed by atoms with Crippen molar-refractivity contribution in [3.63, 3.8) is 0 Å². The summed E-state index contributed by atoms with van der Waals surface area (Å²) in [6, 6.07) is 7.88. The van der Waals surface area contributed by atoms with E-state index < -0.39 is 5.92 Å². The first kappa shape index (κ1) is 25.3. The molecule has 1 aromatic carbocycles. The normalized spacial score (nSPS) is 18.4. The zero-order valence-electron chi connectivity index (χ0n) is 20.5. The van der Waals surface area contributed by atoms with Crippen LogP contribution in [0.3, 0.4) is 0 Å². The highest BCUT2D eigenvalue weighted by atomic mass is 16.1. The van der Waals surface area contributed by atoms with Crippen molar-refractivity contribution in [2.24, 2.45) is 11.8 Å². The number of hydrogen-bond donors (Lipinski definition) is 0. The summed E-state index contributed by atoms with van der Waals surface area (Å²) in [7, 11) is 0. The highest BCUT2D eigenvalue weighted by Gasteiger charge is 2.32. The monoisotopic (exact) mass is 448 g/mol. The van der Waals surface area contributed by atoms with Crippen LogP contribution in [0.2, 0.25) is 0 Å².